The predicted octanol–water partition coefficient (Wildman–Crippen LogP) is 3.42. The summed E-state index contributed by atoms with van der Waals surface area (Å²) >= 11 is 0. The van der Waals surface area contributed by atoms with E-state index in [1.807, 2.05) is 14.0 Å². The number of aliphatic imine (C=N–C) groups is 1. The lowest BCUT2D eigenvalue weighted by Crippen LogP contribution is -2.49. The number of hydrogen-bond donors (Lipinski definition) is 2. The summed E-state index contributed by atoms with van der Waals surface area (Å²) in [7, 11) is 1.84. The molecule has 2 aromatic rings. The fourth-order valence-electron chi connectivity index (χ4n) is 3.93. The van der Waals surface area contributed by atoms with Crippen molar-refractivity contribution in [1.29, 1.82) is 0 Å². The molecule has 27 heavy (non-hydrogen) atoms. The fourth-order valence-corrected chi connectivity index (χ4v) is 3.93. The second kappa shape index (κ2) is 8.59. The van der Waals surface area contributed by atoms with Crippen LogP contribution in [0.15, 0.2) is 41.4 Å². The van der Waals surface area contributed by atoms with Crippen LogP contribution in [0.2, 0.25) is 0 Å². The lowest BCUT2D eigenvalue weighted by atomic mass is 9.64. The fraction of sp³-hybridized carbons (Fsp3) is 0.545. The number of benzene rings is 1. The molecule has 1 unspecified atom stereocenters. The van der Waals surface area contributed by atoms with Crippen LogP contribution in [-0.2, 0) is 12.0 Å². The molecule has 1 heterocycles. The molecule has 5 nitrogen and oxygen atoms in total. The molecule has 3 rings (SSSR count). The van der Waals surface area contributed by atoms with Gasteiger partial charge in [-0.15, -0.1) is 0 Å². The highest BCUT2D eigenvalue weighted by Gasteiger charge is 2.38. The Kier molecular flexibility index (Phi) is 6.19. The van der Waals surface area contributed by atoms with E-state index < -0.39 is 0 Å². The molecule has 146 valence electrons. The number of guanidine groups is 1. The topological polar surface area (TPSA) is 54.2 Å². The Morgan fingerprint density at radius 3 is 2.52 bits per heavy atom. The summed E-state index contributed by atoms with van der Waals surface area (Å²) in [6, 6.07) is 13.0. The molecule has 0 saturated heterocycles. The minimum atomic E-state index is 0.258. The highest BCUT2D eigenvalue weighted by molar-refractivity contribution is 5.79. The molecular weight excluding hydrogens is 334 g/mol. The summed E-state index contributed by atoms with van der Waals surface area (Å²) in [6.45, 7) is 9.12. The largest absolute Gasteiger partial charge is 0.356 e. The molecule has 1 aromatic heterocycles. The summed E-state index contributed by atoms with van der Waals surface area (Å²) in [4.78, 5) is 4.42. The van der Waals surface area contributed by atoms with Crippen molar-refractivity contribution in [3.8, 4) is 0 Å². The van der Waals surface area contributed by atoms with Gasteiger partial charge in [0.05, 0.1) is 5.69 Å². The number of nitrogens with one attached hydrogen (secondary N) is 2. The molecule has 2 N–H and O–H groups in total. The molecule has 0 amide bonds. The van der Waals surface area contributed by atoms with E-state index in [1.165, 1.54) is 30.5 Å². The van der Waals surface area contributed by atoms with Crippen molar-refractivity contribution in [2.75, 3.05) is 20.1 Å². The van der Waals surface area contributed by atoms with Gasteiger partial charge in [0.1, 0.15) is 0 Å². The highest BCUT2D eigenvalue weighted by Crippen LogP contribution is 2.43. The van der Waals surface area contributed by atoms with Gasteiger partial charge >= 0.3 is 0 Å². The minimum absolute atomic E-state index is 0.258. The van der Waals surface area contributed by atoms with Gasteiger partial charge in [0.15, 0.2) is 5.96 Å². The van der Waals surface area contributed by atoms with Crippen LogP contribution in [0.3, 0.4) is 0 Å². The zero-order valence-corrected chi connectivity index (χ0v) is 17.1. The van der Waals surface area contributed by atoms with Crippen LogP contribution in [0.25, 0.3) is 0 Å². The Labute approximate surface area is 163 Å². The van der Waals surface area contributed by atoms with E-state index in [9.17, 15) is 0 Å². The first-order chi connectivity index (χ1) is 13.0. The van der Waals surface area contributed by atoms with Gasteiger partial charge in [-0.05, 0) is 44.2 Å². The Morgan fingerprint density at radius 1 is 1.22 bits per heavy atom. The second-order valence-electron chi connectivity index (χ2n) is 8.02. The van der Waals surface area contributed by atoms with E-state index >= 15 is 0 Å². The zero-order valence-electron chi connectivity index (χ0n) is 17.1. The first-order valence-corrected chi connectivity index (χ1v) is 10.0. The number of aryl methyl sites for hydroxylation is 2. The molecule has 1 atom stereocenters. The normalized spacial score (nSPS) is 17.3. The monoisotopic (exact) mass is 367 g/mol. The van der Waals surface area contributed by atoms with Crippen molar-refractivity contribution in [2.45, 2.75) is 52.0 Å². The van der Waals surface area contributed by atoms with Gasteiger partial charge in [-0.3, -0.25) is 9.67 Å². The third-order valence-corrected chi connectivity index (χ3v) is 5.72. The summed E-state index contributed by atoms with van der Waals surface area (Å²) in [5, 5.41) is 11.6. The number of aromatic nitrogens is 2. The van der Waals surface area contributed by atoms with Crippen molar-refractivity contribution >= 4 is 5.96 Å². The van der Waals surface area contributed by atoms with Crippen LogP contribution >= 0.6 is 0 Å². The standard InChI is InChI=1S/C22H33N5/c1-17(15-27-19(3)13-18(2)26-27)14-24-21(23-4)25-16-22(11-8-12-22)20-9-6-5-7-10-20/h5-7,9-10,13,17H,8,11-12,14-16H2,1-4H3,(H2,23,24,25). The lowest BCUT2D eigenvalue weighted by molar-refractivity contribution is 0.243. The van der Waals surface area contributed by atoms with Crippen LogP contribution in [-0.4, -0.2) is 35.9 Å². The van der Waals surface area contributed by atoms with E-state index in [4.69, 9.17) is 0 Å². The summed E-state index contributed by atoms with van der Waals surface area (Å²) in [6.07, 6.45) is 3.80. The van der Waals surface area contributed by atoms with Crippen LogP contribution in [0, 0.1) is 19.8 Å². The third kappa shape index (κ3) is 4.71. The molecule has 5 heteroatoms. The lowest BCUT2D eigenvalue weighted by Gasteiger charge is -2.43. The number of nitrogens with zero attached hydrogens (tertiary/aromatic N) is 3. The molecule has 1 saturated carbocycles. The van der Waals surface area contributed by atoms with Gasteiger partial charge in [-0.25, -0.2) is 0 Å². The molecule has 0 bridgehead atoms. The van der Waals surface area contributed by atoms with Gasteiger partial charge in [0.2, 0.25) is 0 Å². The molecular formula is C22H33N5. The Hall–Kier alpha value is -2.30. The summed E-state index contributed by atoms with van der Waals surface area (Å²) < 4.78 is 2.09. The van der Waals surface area contributed by atoms with Gasteiger partial charge in [0.25, 0.3) is 0 Å². The van der Waals surface area contributed by atoms with E-state index in [0.29, 0.717) is 5.92 Å². The van der Waals surface area contributed by atoms with Crippen LogP contribution in [0.5, 0.6) is 0 Å². The van der Waals surface area contributed by atoms with E-state index in [2.05, 4.69) is 75.7 Å². The maximum absolute atomic E-state index is 4.56. The van der Waals surface area contributed by atoms with Crippen LogP contribution < -0.4 is 10.6 Å². The van der Waals surface area contributed by atoms with E-state index in [-0.39, 0.29) is 5.41 Å². The Morgan fingerprint density at radius 2 is 1.96 bits per heavy atom. The molecule has 0 spiro atoms. The number of rotatable bonds is 7. The first kappa shape index (κ1) is 19.5. The molecule has 1 aliphatic carbocycles. The quantitative estimate of drug-likeness (QED) is 0.582. The van der Waals surface area contributed by atoms with Crippen molar-refractivity contribution in [2.24, 2.45) is 10.9 Å². The highest BCUT2D eigenvalue weighted by atomic mass is 15.3. The smallest absolute Gasteiger partial charge is 0.191 e. The molecule has 0 radical (unpaired) electrons. The number of hydrogen-bond acceptors (Lipinski definition) is 2. The van der Waals surface area contributed by atoms with Crippen molar-refractivity contribution in [3.63, 3.8) is 0 Å². The zero-order chi connectivity index (χ0) is 19.3. The van der Waals surface area contributed by atoms with Crippen LogP contribution in [0.1, 0.15) is 43.1 Å². The van der Waals surface area contributed by atoms with Crippen molar-refractivity contribution in [3.05, 3.63) is 53.3 Å². The first-order valence-electron chi connectivity index (χ1n) is 10.0. The van der Waals surface area contributed by atoms with Gasteiger partial charge in [-0.2, -0.15) is 5.10 Å². The van der Waals surface area contributed by atoms with Crippen molar-refractivity contribution < 1.29 is 0 Å². The molecule has 0 aliphatic heterocycles. The van der Waals surface area contributed by atoms with Crippen molar-refractivity contribution in [1.82, 2.24) is 20.4 Å². The maximum atomic E-state index is 4.56. The Balaban J connectivity index is 1.50. The van der Waals surface area contributed by atoms with Crippen LogP contribution in [0.4, 0.5) is 0 Å². The third-order valence-electron chi connectivity index (χ3n) is 5.72. The molecule has 1 aliphatic rings. The average Bonchev–Trinajstić information content (AvgIpc) is 2.94. The maximum Gasteiger partial charge on any atom is 0.191 e. The van der Waals surface area contributed by atoms with Gasteiger partial charge in [-0.1, -0.05) is 43.7 Å². The molecule has 1 aromatic carbocycles. The van der Waals surface area contributed by atoms with Gasteiger partial charge < -0.3 is 10.6 Å². The second-order valence-corrected chi connectivity index (χ2v) is 8.02. The van der Waals surface area contributed by atoms with Gasteiger partial charge in [0, 0.05) is 37.8 Å². The minimum Gasteiger partial charge on any atom is -0.356 e. The van der Waals surface area contributed by atoms with E-state index in [0.717, 1.165) is 31.3 Å². The molecule has 1 fully saturated rings. The summed E-state index contributed by atoms with van der Waals surface area (Å²) in [5.74, 6) is 1.35. The SMILES string of the molecule is CN=C(NCC(C)Cn1nc(C)cc1C)NCC1(c2ccccc2)CCC1. The average molecular weight is 368 g/mol. The predicted molar refractivity (Wildman–Crippen MR) is 112 cm³/mol. The van der Waals surface area contributed by atoms with E-state index in [1.54, 1.807) is 0 Å². The summed E-state index contributed by atoms with van der Waals surface area (Å²) in [5.41, 5.74) is 4.00. The Bertz CT molecular complexity index is 758.